The van der Waals surface area contributed by atoms with Crippen molar-refractivity contribution < 1.29 is 14.3 Å². The number of hydrogen-bond acceptors (Lipinski definition) is 4. The molecular weight excluding hydrogens is 276 g/mol. The molecule has 2 fully saturated rings. The van der Waals surface area contributed by atoms with Gasteiger partial charge in [-0.1, -0.05) is 13.8 Å². The molecule has 5 nitrogen and oxygen atoms in total. The van der Waals surface area contributed by atoms with E-state index >= 15 is 0 Å². The van der Waals surface area contributed by atoms with Crippen LogP contribution in [-0.4, -0.2) is 41.2 Å². The number of urea groups is 1. The Balaban J connectivity index is 1.66. The molecule has 2 rings (SSSR count). The summed E-state index contributed by atoms with van der Waals surface area (Å²) in [6, 6.07) is 0.513. The lowest BCUT2D eigenvalue weighted by atomic mass is 10.0. The van der Waals surface area contributed by atoms with Gasteiger partial charge in [-0.2, -0.15) is 11.8 Å². The summed E-state index contributed by atoms with van der Waals surface area (Å²) >= 11 is 1.92. The quantitative estimate of drug-likeness (QED) is 0.581. The van der Waals surface area contributed by atoms with Gasteiger partial charge < -0.3 is 15.4 Å². The van der Waals surface area contributed by atoms with Crippen LogP contribution in [0.15, 0.2) is 0 Å². The van der Waals surface area contributed by atoms with Crippen LogP contribution in [0.25, 0.3) is 0 Å². The van der Waals surface area contributed by atoms with E-state index in [-0.39, 0.29) is 36.1 Å². The van der Waals surface area contributed by atoms with Gasteiger partial charge in [0, 0.05) is 11.0 Å². The van der Waals surface area contributed by atoms with Crippen molar-refractivity contribution in [3.05, 3.63) is 0 Å². The number of nitrogens with one attached hydrogen (secondary N) is 2. The number of ether oxygens (including phenoxy) is 1. The predicted octanol–water partition coefficient (Wildman–Crippen LogP) is 1.91. The Morgan fingerprint density at radius 3 is 2.85 bits per heavy atom. The van der Waals surface area contributed by atoms with Gasteiger partial charge in [-0.25, -0.2) is 4.79 Å². The Kier molecular flexibility index (Phi) is 5.18. The van der Waals surface area contributed by atoms with Gasteiger partial charge in [-0.05, 0) is 26.2 Å². The molecule has 2 amide bonds. The second kappa shape index (κ2) is 6.70. The monoisotopic (exact) mass is 300 g/mol. The van der Waals surface area contributed by atoms with Crippen LogP contribution < -0.4 is 10.6 Å². The standard InChI is InChI=1S/C14H24N2O3S/c1-8(2)13(17)19-9(3)5-4-6-11-12-10(7-20-11)15-14(18)16-12/h8-12H,4-7H2,1-3H3,(H2,15,16,18)/t9?,10-,11-,12-/m0/s1. The average molecular weight is 300 g/mol. The number of carbonyl (C=O) groups is 2. The molecule has 0 bridgehead atoms. The van der Waals surface area contributed by atoms with Crippen LogP contribution in [0, 0.1) is 5.92 Å². The van der Waals surface area contributed by atoms with Gasteiger partial charge in [-0.15, -0.1) is 0 Å². The van der Waals surface area contributed by atoms with Crippen LogP contribution in [0.5, 0.6) is 0 Å². The van der Waals surface area contributed by atoms with E-state index in [1.807, 2.05) is 32.5 Å². The summed E-state index contributed by atoms with van der Waals surface area (Å²) in [7, 11) is 0. The van der Waals surface area contributed by atoms with E-state index in [1.54, 1.807) is 0 Å². The zero-order valence-corrected chi connectivity index (χ0v) is 13.2. The van der Waals surface area contributed by atoms with Gasteiger partial charge in [0.1, 0.15) is 0 Å². The van der Waals surface area contributed by atoms with Crippen LogP contribution in [-0.2, 0) is 9.53 Å². The van der Waals surface area contributed by atoms with Crippen molar-refractivity contribution in [2.75, 3.05) is 5.75 Å². The summed E-state index contributed by atoms with van der Waals surface area (Å²) in [6.45, 7) is 5.64. The molecule has 0 aromatic rings. The first kappa shape index (κ1) is 15.5. The van der Waals surface area contributed by atoms with Gasteiger partial charge in [-0.3, -0.25) is 4.79 Å². The first-order valence-corrected chi connectivity index (χ1v) is 8.41. The highest BCUT2D eigenvalue weighted by molar-refractivity contribution is 8.00. The van der Waals surface area contributed by atoms with Crippen LogP contribution in [0.3, 0.4) is 0 Å². The van der Waals surface area contributed by atoms with Crippen LogP contribution in [0.1, 0.15) is 40.0 Å². The molecule has 4 atom stereocenters. The summed E-state index contributed by atoms with van der Waals surface area (Å²) in [4.78, 5) is 22.8. The summed E-state index contributed by atoms with van der Waals surface area (Å²) < 4.78 is 5.35. The fraction of sp³-hybridized carbons (Fsp3) is 0.857. The van der Waals surface area contributed by atoms with Gasteiger partial charge in [0.25, 0.3) is 0 Å². The molecule has 2 aliphatic heterocycles. The minimum absolute atomic E-state index is 0.0246. The number of fused-ring (bicyclic) bond motifs is 1. The number of esters is 1. The molecule has 0 saturated carbocycles. The molecule has 2 aliphatic rings. The first-order chi connectivity index (χ1) is 9.47. The van der Waals surface area contributed by atoms with Gasteiger partial charge >= 0.3 is 12.0 Å². The number of thioether (sulfide) groups is 1. The van der Waals surface area contributed by atoms with E-state index < -0.39 is 0 Å². The van der Waals surface area contributed by atoms with Gasteiger partial charge in [0.2, 0.25) is 0 Å². The molecule has 0 spiro atoms. The summed E-state index contributed by atoms with van der Waals surface area (Å²) in [5.74, 6) is 0.801. The second-order valence-corrected chi connectivity index (χ2v) is 7.23. The Hall–Kier alpha value is -0.910. The van der Waals surface area contributed by atoms with E-state index in [4.69, 9.17) is 4.74 Å². The molecule has 0 aliphatic carbocycles. The smallest absolute Gasteiger partial charge is 0.315 e. The number of rotatable bonds is 6. The van der Waals surface area contributed by atoms with Crippen molar-refractivity contribution in [1.29, 1.82) is 0 Å². The second-order valence-electron chi connectivity index (χ2n) is 5.95. The maximum Gasteiger partial charge on any atom is 0.315 e. The Morgan fingerprint density at radius 2 is 2.15 bits per heavy atom. The molecule has 2 heterocycles. The van der Waals surface area contributed by atoms with E-state index in [0.29, 0.717) is 5.25 Å². The Bertz CT molecular complexity index is 375. The number of amides is 2. The van der Waals surface area contributed by atoms with Crippen molar-refractivity contribution in [3.63, 3.8) is 0 Å². The topological polar surface area (TPSA) is 67.4 Å². The molecule has 1 unspecified atom stereocenters. The highest BCUT2D eigenvalue weighted by Crippen LogP contribution is 2.33. The molecule has 0 aromatic carbocycles. The predicted molar refractivity (Wildman–Crippen MR) is 79.7 cm³/mol. The fourth-order valence-corrected chi connectivity index (χ4v) is 4.19. The molecule has 0 aromatic heterocycles. The Labute approximate surface area is 124 Å². The lowest BCUT2D eigenvalue weighted by Gasteiger charge is -2.18. The summed E-state index contributed by atoms with van der Waals surface area (Å²) in [5, 5.41) is 6.42. The minimum atomic E-state index is -0.125. The number of carbonyl (C=O) groups excluding carboxylic acids is 2. The van der Waals surface area contributed by atoms with Crippen molar-refractivity contribution >= 4 is 23.8 Å². The molecule has 2 saturated heterocycles. The molecule has 0 radical (unpaired) electrons. The zero-order valence-electron chi connectivity index (χ0n) is 12.3. The molecule has 6 heteroatoms. The zero-order chi connectivity index (χ0) is 14.7. The van der Waals surface area contributed by atoms with Crippen LogP contribution >= 0.6 is 11.8 Å². The lowest BCUT2D eigenvalue weighted by molar-refractivity contribution is -0.152. The van der Waals surface area contributed by atoms with Crippen molar-refractivity contribution in [2.45, 2.75) is 63.5 Å². The highest BCUT2D eigenvalue weighted by atomic mass is 32.2. The normalized spacial score (nSPS) is 29.8. The van der Waals surface area contributed by atoms with E-state index in [1.165, 1.54) is 0 Å². The lowest BCUT2D eigenvalue weighted by Crippen LogP contribution is -2.36. The maximum absolute atomic E-state index is 11.5. The third-order valence-corrected chi connectivity index (χ3v) is 5.33. The molecular formula is C14H24N2O3S. The minimum Gasteiger partial charge on any atom is -0.462 e. The van der Waals surface area contributed by atoms with E-state index in [9.17, 15) is 9.59 Å². The van der Waals surface area contributed by atoms with Crippen LogP contribution in [0.4, 0.5) is 4.79 Å². The van der Waals surface area contributed by atoms with Gasteiger partial charge in [0.05, 0.1) is 24.1 Å². The Morgan fingerprint density at radius 1 is 1.40 bits per heavy atom. The number of hydrogen-bond donors (Lipinski definition) is 2. The third-order valence-electron chi connectivity index (χ3n) is 3.83. The fourth-order valence-electron chi connectivity index (χ4n) is 2.64. The average Bonchev–Trinajstić information content (AvgIpc) is 2.89. The third kappa shape index (κ3) is 3.81. The maximum atomic E-state index is 11.5. The largest absolute Gasteiger partial charge is 0.462 e. The van der Waals surface area contributed by atoms with Crippen molar-refractivity contribution in [1.82, 2.24) is 10.6 Å². The van der Waals surface area contributed by atoms with Crippen molar-refractivity contribution in [3.8, 4) is 0 Å². The van der Waals surface area contributed by atoms with E-state index in [0.717, 1.165) is 25.0 Å². The molecule has 2 N–H and O–H groups in total. The molecule has 20 heavy (non-hydrogen) atoms. The SMILES string of the molecule is CC(CCC[C@@H]1SC[C@@H]2NC(=O)N[C@@H]21)OC(=O)C(C)C. The van der Waals surface area contributed by atoms with E-state index in [2.05, 4.69) is 10.6 Å². The van der Waals surface area contributed by atoms with Crippen molar-refractivity contribution in [2.24, 2.45) is 5.92 Å². The van der Waals surface area contributed by atoms with Gasteiger partial charge in [0.15, 0.2) is 0 Å². The summed E-state index contributed by atoms with van der Waals surface area (Å²) in [6.07, 6.45) is 2.93. The van der Waals surface area contributed by atoms with Crippen LogP contribution in [0.2, 0.25) is 0 Å². The molecule has 114 valence electrons. The summed E-state index contributed by atoms with van der Waals surface area (Å²) in [5.41, 5.74) is 0. The highest BCUT2D eigenvalue weighted by Gasteiger charge is 2.42. The first-order valence-electron chi connectivity index (χ1n) is 7.36.